The van der Waals surface area contributed by atoms with E-state index in [9.17, 15) is 16.8 Å². The number of hydrogen-bond acceptors (Lipinski definition) is 4. The van der Waals surface area contributed by atoms with Gasteiger partial charge in [-0.2, -0.15) is 8.61 Å². The Kier molecular flexibility index (Phi) is 11.8. The van der Waals surface area contributed by atoms with Gasteiger partial charge < -0.3 is 0 Å². The zero-order valence-electron chi connectivity index (χ0n) is 30.7. The number of rotatable bonds is 8. The van der Waals surface area contributed by atoms with Crippen molar-refractivity contribution in [3.05, 3.63) is 225 Å². The van der Waals surface area contributed by atoms with Gasteiger partial charge in [0.25, 0.3) is 0 Å². The maximum absolute atomic E-state index is 13.6. The zero-order chi connectivity index (χ0) is 39.5. The molecule has 10 heteroatoms. The van der Waals surface area contributed by atoms with Gasteiger partial charge in [0.05, 0.1) is 34.0 Å². The smallest absolute Gasteiger partial charge is 0.207 e. The average molecular weight is 820 g/mol. The highest BCUT2D eigenvalue weighted by molar-refractivity contribution is 7.89. The molecule has 284 valence electrons. The van der Waals surface area contributed by atoms with Gasteiger partial charge in [-0.1, -0.05) is 168 Å². The maximum atomic E-state index is 13.6. The summed E-state index contributed by atoms with van der Waals surface area (Å²) in [6.45, 7) is 3.88. The maximum Gasteiger partial charge on any atom is 0.244 e. The minimum Gasteiger partial charge on any atom is -0.207 e. The van der Waals surface area contributed by atoms with Crippen LogP contribution in [0.25, 0.3) is 0 Å². The summed E-state index contributed by atoms with van der Waals surface area (Å²) in [5, 5.41) is 1.25. The third kappa shape index (κ3) is 8.32. The Morgan fingerprint density at radius 1 is 0.375 bits per heavy atom. The summed E-state index contributed by atoms with van der Waals surface area (Å²) in [6.07, 6.45) is 7.82. The molecule has 4 atom stereocenters. The van der Waals surface area contributed by atoms with E-state index < -0.39 is 32.1 Å². The van der Waals surface area contributed by atoms with E-state index in [0.29, 0.717) is 19.8 Å². The highest BCUT2D eigenvalue weighted by Crippen LogP contribution is 2.44. The van der Waals surface area contributed by atoms with E-state index in [1.54, 1.807) is 57.1 Å². The van der Waals surface area contributed by atoms with Crippen molar-refractivity contribution in [3.8, 4) is 0 Å². The monoisotopic (exact) mass is 818 g/mol. The third-order valence-corrected chi connectivity index (χ3v) is 14.2. The summed E-state index contributed by atoms with van der Waals surface area (Å²) in [5.74, 6) is 0. The van der Waals surface area contributed by atoms with Gasteiger partial charge in [-0.3, -0.25) is 0 Å². The number of hydrogen-bond donors (Lipinski definition) is 0. The van der Waals surface area contributed by atoms with Crippen molar-refractivity contribution in [1.29, 1.82) is 0 Å². The highest BCUT2D eigenvalue weighted by atomic mass is 35.5. The van der Waals surface area contributed by atoms with E-state index in [-0.39, 0.29) is 12.1 Å². The summed E-state index contributed by atoms with van der Waals surface area (Å²) < 4.78 is 57.7. The van der Waals surface area contributed by atoms with Gasteiger partial charge in [0, 0.05) is 10.0 Å². The quantitative estimate of drug-likeness (QED) is 0.143. The molecule has 0 aromatic heterocycles. The molecule has 2 aliphatic heterocycles. The second kappa shape index (κ2) is 16.7. The first kappa shape index (κ1) is 39.4. The molecule has 2 aliphatic rings. The Hall–Kier alpha value is -4.80. The molecule has 6 aromatic rings. The van der Waals surface area contributed by atoms with Crippen molar-refractivity contribution in [2.75, 3.05) is 0 Å². The molecule has 0 aliphatic carbocycles. The third-order valence-electron chi connectivity index (χ3n) is 9.95. The van der Waals surface area contributed by atoms with Gasteiger partial charge in [0.2, 0.25) is 20.0 Å². The van der Waals surface area contributed by atoms with Gasteiger partial charge in [-0.05, 0) is 84.6 Å². The molecule has 0 unspecified atom stereocenters. The van der Waals surface area contributed by atoms with Crippen molar-refractivity contribution >= 4 is 43.2 Å². The molecule has 8 rings (SSSR count). The van der Waals surface area contributed by atoms with Crippen LogP contribution in [-0.2, 0) is 20.0 Å². The van der Waals surface area contributed by atoms with Crippen molar-refractivity contribution in [2.24, 2.45) is 0 Å². The molecule has 0 radical (unpaired) electrons. The lowest BCUT2D eigenvalue weighted by molar-refractivity contribution is 0.349. The number of aryl methyl sites for hydroxylation is 2. The molecule has 0 N–H and O–H groups in total. The lowest BCUT2D eigenvalue weighted by Crippen LogP contribution is -2.33. The first-order valence-corrected chi connectivity index (χ1v) is 21.7. The molecule has 6 nitrogen and oxygen atoms in total. The van der Waals surface area contributed by atoms with Crippen LogP contribution in [0.3, 0.4) is 0 Å². The fraction of sp³-hybridized carbons (Fsp3) is 0.130. The number of halogens is 2. The molecule has 0 bridgehead atoms. The molecule has 0 spiro atoms. The SMILES string of the molecule is Cc1ccc(S(=O)(=O)N2[C@@H](c3ccc(Cl)cc3)C=C[C@H]2c2ccccc2)cc1.Cc1ccc(S(=O)(=O)N2[C@@H](c3ccc(Cl)cc3)C=C[C@H]2c2ccccc2)cc1. The van der Waals surface area contributed by atoms with Gasteiger partial charge in [-0.25, -0.2) is 16.8 Å². The number of nitrogens with zero attached hydrogens (tertiary/aromatic N) is 2. The van der Waals surface area contributed by atoms with Crippen LogP contribution < -0.4 is 0 Å². The van der Waals surface area contributed by atoms with E-state index in [1.165, 1.54) is 0 Å². The van der Waals surface area contributed by atoms with Crippen LogP contribution in [0, 0.1) is 13.8 Å². The van der Waals surface area contributed by atoms with E-state index in [1.807, 2.05) is 147 Å². The minimum absolute atomic E-state index is 0.293. The molecular weight excluding hydrogens is 780 g/mol. The van der Waals surface area contributed by atoms with Crippen LogP contribution in [0.1, 0.15) is 57.5 Å². The Morgan fingerprint density at radius 3 is 0.929 bits per heavy atom. The van der Waals surface area contributed by atoms with Gasteiger partial charge in [0.15, 0.2) is 0 Å². The molecule has 56 heavy (non-hydrogen) atoms. The average Bonchev–Trinajstić information content (AvgIpc) is 3.87. The fourth-order valence-corrected chi connectivity index (χ4v) is 10.7. The molecule has 0 fully saturated rings. The van der Waals surface area contributed by atoms with Gasteiger partial charge in [-0.15, -0.1) is 0 Å². The molecule has 0 amide bonds. The molecule has 2 heterocycles. The second-order valence-electron chi connectivity index (χ2n) is 13.8. The normalized spacial score (nSPS) is 19.8. The van der Waals surface area contributed by atoms with Crippen LogP contribution in [-0.4, -0.2) is 25.4 Å². The lowest BCUT2D eigenvalue weighted by atomic mass is 10.1. The van der Waals surface area contributed by atoms with Crippen LogP contribution in [0.2, 0.25) is 10.0 Å². The molecule has 0 saturated carbocycles. The summed E-state index contributed by atoms with van der Waals surface area (Å²) >= 11 is 12.1. The first-order chi connectivity index (χ1) is 26.9. The predicted octanol–water partition coefficient (Wildman–Crippen LogP) is 11.4. The van der Waals surface area contributed by atoms with E-state index in [2.05, 4.69) is 0 Å². The van der Waals surface area contributed by atoms with E-state index >= 15 is 0 Å². The van der Waals surface area contributed by atoms with Gasteiger partial charge >= 0.3 is 0 Å². The standard InChI is InChI=1S/2C23H20ClNO2S/c2*1-17-7-13-21(14-8-17)28(26,27)25-22(18-5-3-2-4-6-18)15-16-23(25)19-9-11-20(24)12-10-19/h2*2-16,22-23H,1H3/t2*22-,23+/m00/s1. The van der Waals surface area contributed by atoms with Crippen LogP contribution in [0.5, 0.6) is 0 Å². The minimum atomic E-state index is -3.72. The Morgan fingerprint density at radius 2 is 0.643 bits per heavy atom. The van der Waals surface area contributed by atoms with Crippen LogP contribution in [0.4, 0.5) is 0 Å². The van der Waals surface area contributed by atoms with Crippen molar-refractivity contribution < 1.29 is 16.8 Å². The summed E-state index contributed by atoms with van der Waals surface area (Å²) in [7, 11) is -7.44. The molecule has 0 saturated heterocycles. The van der Waals surface area contributed by atoms with Crippen molar-refractivity contribution in [3.63, 3.8) is 0 Å². The number of benzene rings is 6. The number of sulfonamides is 2. The topological polar surface area (TPSA) is 74.8 Å². The van der Waals surface area contributed by atoms with Gasteiger partial charge in [0.1, 0.15) is 0 Å². The summed E-state index contributed by atoms with van der Waals surface area (Å²) in [4.78, 5) is 0.586. The van der Waals surface area contributed by atoms with E-state index in [0.717, 1.165) is 33.4 Å². The second-order valence-corrected chi connectivity index (χ2v) is 18.3. The largest absolute Gasteiger partial charge is 0.244 e. The highest BCUT2D eigenvalue weighted by Gasteiger charge is 2.41. The lowest BCUT2D eigenvalue weighted by Gasteiger charge is -2.30. The predicted molar refractivity (Wildman–Crippen MR) is 225 cm³/mol. The van der Waals surface area contributed by atoms with E-state index in [4.69, 9.17) is 23.2 Å². The Labute approximate surface area is 340 Å². The summed E-state index contributed by atoms with van der Waals surface area (Å²) in [5.41, 5.74) is 5.68. The van der Waals surface area contributed by atoms with Crippen LogP contribution in [0.15, 0.2) is 192 Å². The Bertz CT molecular complexity index is 2370. The van der Waals surface area contributed by atoms with Crippen LogP contribution >= 0.6 is 23.2 Å². The first-order valence-electron chi connectivity index (χ1n) is 18.1. The fourth-order valence-electron chi connectivity index (χ4n) is 7.02. The summed E-state index contributed by atoms with van der Waals surface area (Å²) in [6, 6.07) is 46.5. The molecular formula is C46H40Cl2N2O4S2. The van der Waals surface area contributed by atoms with Crippen molar-refractivity contribution in [1.82, 2.24) is 8.61 Å². The van der Waals surface area contributed by atoms with Crippen molar-refractivity contribution in [2.45, 2.75) is 47.8 Å². The Balaban J connectivity index is 0.000000172. The molecule has 6 aromatic carbocycles. The zero-order valence-corrected chi connectivity index (χ0v) is 33.9.